The van der Waals surface area contributed by atoms with Crippen molar-refractivity contribution in [3.8, 4) is 0 Å². The van der Waals surface area contributed by atoms with Crippen molar-refractivity contribution in [3.05, 3.63) is 0 Å². The number of amides is 1. The first-order valence-corrected chi connectivity index (χ1v) is 4.53. The second kappa shape index (κ2) is 5.59. The van der Waals surface area contributed by atoms with E-state index in [0.717, 1.165) is 0 Å². The summed E-state index contributed by atoms with van der Waals surface area (Å²) >= 11 is 0. The molecule has 0 bridgehead atoms. The summed E-state index contributed by atoms with van der Waals surface area (Å²) in [7, 11) is 1.30. The summed E-state index contributed by atoms with van der Waals surface area (Å²) in [5.74, 6) is -0.827. The van der Waals surface area contributed by atoms with Gasteiger partial charge in [0.05, 0.1) is 13.2 Å². The molecule has 5 heteroatoms. The molecule has 2 unspecified atom stereocenters. The molecule has 0 aromatic carbocycles. The second-order valence-corrected chi connectivity index (χ2v) is 3.54. The van der Waals surface area contributed by atoms with Gasteiger partial charge in [-0.3, -0.25) is 14.9 Å². The van der Waals surface area contributed by atoms with Gasteiger partial charge in [-0.1, -0.05) is 13.8 Å². The number of carbonyl (C=O) groups excluding carboxylic acids is 2. The zero-order chi connectivity index (χ0) is 11.3. The molecule has 5 nitrogen and oxygen atoms in total. The zero-order valence-electron chi connectivity index (χ0n) is 9.03. The van der Waals surface area contributed by atoms with Crippen LogP contribution in [0, 0.1) is 5.92 Å². The first kappa shape index (κ1) is 12.9. The van der Waals surface area contributed by atoms with Gasteiger partial charge in [0.25, 0.3) is 0 Å². The van der Waals surface area contributed by atoms with Crippen LogP contribution in [0.5, 0.6) is 0 Å². The molecule has 0 radical (unpaired) electrons. The summed E-state index contributed by atoms with van der Waals surface area (Å²) in [6, 6.07) is -1.04. The molecule has 0 saturated carbocycles. The number of hydrogen-bond donors (Lipinski definition) is 2. The number of ether oxygens (including phenoxy) is 1. The van der Waals surface area contributed by atoms with Crippen LogP contribution in [-0.2, 0) is 14.3 Å². The molecule has 0 saturated heterocycles. The Balaban J connectivity index is 4.30. The Morgan fingerprint density at radius 1 is 1.29 bits per heavy atom. The fourth-order valence-corrected chi connectivity index (χ4v) is 1.12. The van der Waals surface area contributed by atoms with Gasteiger partial charge in [0.2, 0.25) is 5.91 Å². The summed E-state index contributed by atoms with van der Waals surface area (Å²) in [5, 5.41) is 2.82. The van der Waals surface area contributed by atoms with E-state index in [0.29, 0.717) is 0 Å². The van der Waals surface area contributed by atoms with Crippen LogP contribution in [0.15, 0.2) is 0 Å². The van der Waals surface area contributed by atoms with Gasteiger partial charge >= 0.3 is 5.97 Å². The lowest BCUT2D eigenvalue weighted by molar-refractivity contribution is -0.143. The molecular weight excluding hydrogens is 184 g/mol. The molecule has 0 aliphatic heterocycles. The first-order valence-electron chi connectivity index (χ1n) is 4.53. The van der Waals surface area contributed by atoms with Crippen molar-refractivity contribution >= 4 is 11.9 Å². The van der Waals surface area contributed by atoms with Crippen molar-refractivity contribution in [2.75, 3.05) is 7.11 Å². The fraction of sp³-hybridized carbons (Fsp3) is 0.778. The van der Waals surface area contributed by atoms with E-state index in [1.807, 2.05) is 13.8 Å². The lowest BCUT2D eigenvalue weighted by atomic mass is 10.0. The highest BCUT2D eigenvalue weighted by Crippen LogP contribution is 2.02. The quantitative estimate of drug-likeness (QED) is 0.597. The van der Waals surface area contributed by atoms with E-state index in [9.17, 15) is 9.59 Å². The molecule has 0 spiro atoms. The molecule has 0 aliphatic rings. The van der Waals surface area contributed by atoms with Gasteiger partial charge in [0, 0.05) is 0 Å². The Hall–Kier alpha value is -1.10. The van der Waals surface area contributed by atoms with Crippen molar-refractivity contribution in [3.63, 3.8) is 0 Å². The van der Waals surface area contributed by atoms with Crippen LogP contribution < -0.4 is 11.1 Å². The highest BCUT2D eigenvalue weighted by molar-refractivity contribution is 5.82. The molecule has 1 amide bonds. The maximum absolute atomic E-state index is 11.1. The van der Waals surface area contributed by atoms with Crippen LogP contribution in [0.4, 0.5) is 0 Å². The van der Waals surface area contributed by atoms with E-state index in [1.54, 1.807) is 6.92 Å². The summed E-state index contributed by atoms with van der Waals surface area (Å²) in [6.45, 7) is 5.34. The number of methoxy groups -OCH3 is 1. The average molecular weight is 202 g/mol. The van der Waals surface area contributed by atoms with Gasteiger partial charge in [-0.25, -0.2) is 0 Å². The highest BCUT2D eigenvalue weighted by Gasteiger charge is 2.24. The largest absolute Gasteiger partial charge is 0.468 e. The number of carbonyl (C=O) groups is 2. The van der Waals surface area contributed by atoms with Crippen molar-refractivity contribution in [1.29, 1.82) is 0 Å². The van der Waals surface area contributed by atoms with Gasteiger partial charge in [-0.15, -0.1) is 0 Å². The molecule has 0 aliphatic carbocycles. The summed E-state index contributed by atoms with van der Waals surface area (Å²) in [6.07, 6.45) is 0. The van der Waals surface area contributed by atoms with Gasteiger partial charge in [-0.2, -0.15) is 0 Å². The number of nitrogens with one attached hydrogen (secondary N) is 1. The smallest absolute Gasteiger partial charge is 0.322 e. The molecule has 0 aromatic heterocycles. The average Bonchev–Trinajstić information content (AvgIpc) is 2.11. The van der Waals surface area contributed by atoms with Crippen molar-refractivity contribution in [1.82, 2.24) is 5.32 Å². The van der Waals surface area contributed by atoms with E-state index in [4.69, 9.17) is 5.73 Å². The second-order valence-electron chi connectivity index (χ2n) is 3.54. The Morgan fingerprint density at radius 3 is 2.07 bits per heavy atom. The van der Waals surface area contributed by atoms with Crippen molar-refractivity contribution in [2.45, 2.75) is 32.9 Å². The van der Waals surface area contributed by atoms with E-state index >= 15 is 0 Å². The van der Waals surface area contributed by atoms with E-state index < -0.39 is 24.0 Å². The highest BCUT2D eigenvalue weighted by atomic mass is 16.5. The van der Waals surface area contributed by atoms with Crippen LogP contribution >= 0.6 is 0 Å². The number of esters is 1. The SMILES string of the molecule is COC(=O)C(C)NC(C(N)=O)C(C)C. The van der Waals surface area contributed by atoms with Crippen molar-refractivity contribution in [2.24, 2.45) is 11.7 Å². The summed E-state index contributed by atoms with van der Waals surface area (Å²) in [4.78, 5) is 22.1. The molecule has 3 N–H and O–H groups in total. The van der Waals surface area contributed by atoms with Crippen LogP contribution in [-0.4, -0.2) is 31.1 Å². The van der Waals surface area contributed by atoms with E-state index in [2.05, 4.69) is 10.1 Å². The molecule has 82 valence electrons. The first-order chi connectivity index (χ1) is 6.40. The zero-order valence-corrected chi connectivity index (χ0v) is 9.03. The maximum atomic E-state index is 11.1. The number of primary amides is 1. The van der Waals surface area contributed by atoms with Crippen LogP contribution in [0.3, 0.4) is 0 Å². The van der Waals surface area contributed by atoms with Crippen molar-refractivity contribution < 1.29 is 14.3 Å². The monoisotopic (exact) mass is 202 g/mol. The molecule has 0 aromatic rings. The number of hydrogen-bond acceptors (Lipinski definition) is 4. The fourth-order valence-electron chi connectivity index (χ4n) is 1.12. The topological polar surface area (TPSA) is 81.4 Å². The normalized spacial score (nSPS) is 14.9. The van der Waals surface area contributed by atoms with Gasteiger partial charge in [0.1, 0.15) is 6.04 Å². The third-order valence-electron chi connectivity index (χ3n) is 1.96. The van der Waals surface area contributed by atoms with E-state index in [1.165, 1.54) is 7.11 Å². The third kappa shape index (κ3) is 3.74. The molecular formula is C9H18N2O3. The molecule has 0 heterocycles. The molecule has 2 atom stereocenters. The lowest BCUT2D eigenvalue weighted by Gasteiger charge is -2.22. The number of nitrogens with two attached hydrogens (primary N) is 1. The Kier molecular flexibility index (Phi) is 5.15. The van der Waals surface area contributed by atoms with Crippen LogP contribution in [0.1, 0.15) is 20.8 Å². The Labute approximate surface area is 84.0 Å². The summed E-state index contributed by atoms with van der Waals surface area (Å²) in [5.41, 5.74) is 5.17. The maximum Gasteiger partial charge on any atom is 0.322 e. The predicted octanol–water partition coefficient (Wildman–Crippen LogP) is -0.353. The molecule has 0 fully saturated rings. The minimum atomic E-state index is -0.528. The molecule has 14 heavy (non-hydrogen) atoms. The Morgan fingerprint density at radius 2 is 1.79 bits per heavy atom. The summed E-state index contributed by atoms with van der Waals surface area (Å²) < 4.78 is 4.52. The lowest BCUT2D eigenvalue weighted by Crippen LogP contribution is -2.51. The predicted molar refractivity (Wildman–Crippen MR) is 52.4 cm³/mol. The standard InChI is InChI=1S/C9H18N2O3/c1-5(2)7(8(10)12)11-6(3)9(13)14-4/h5-7,11H,1-4H3,(H2,10,12). The van der Waals surface area contributed by atoms with E-state index in [-0.39, 0.29) is 5.92 Å². The van der Waals surface area contributed by atoms with Gasteiger partial charge in [0.15, 0.2) is 0 Å². The minimum Gasteiger partial charge on any atom is -0.468 e. The van der Waals surface area contributed by atoms with Gasteiger partial charge in [-0.05, 0) is 12.8 Å². The third-order valence-corrected chi connectivity index (χ3v) is 1.96. The number of rotatable bonds is 5. The van der Waals surface area contributed by atoms with Crippen LogP contribution in [0.2, 0.25) is 0 Å². The van der Waals surface area contributed by atoms with Gasteiger partial charge < -0.3 is 10.5 Å². The Bertz CT molecular complexity index is 216. The van der Waals surface area contributed by atoms with Crippen LogP contribution in [0.25, 0.3) is 0 Å². The molecule has 0 rings (SSSR count). The minimum absolute atomic E-state index is 0.0413.